The standard InChI is InChI=1S/C18H21NO5/c1-11(13-5-7-14(23-4)8-6-13)17(20)19(3)10-15-9-16(18(21)22)12(2)24-15/h5-9,11H,10H2,1-4H3,(H,21,22). The van der Waals surface area contributed by atoms with Gasteiger partial charge in [-0.15, -0.1) is 0 Å². The Bertz CT molecular complexity index is 732. The van der Waals surface area contributed by atoms with E-state index in [0.29, 0.717) is 11.5 Å². The maximum absolute atomic E-state index is 12.6. The van der Waals surface area contributed by atoms with Crippen LogP contribution in [0.5, 0.6) is 5.75 Å². The molecule has 2 aromatic rings. The summed E-state index contributed by atoms with van der Waals surface area (Å²) in [6.45, 7) is 3.64. The lowest BCUT2D eigenvalue weighted by Gasteiger charge is -2.21. The Balaban J connectivity index is 2.07. The molecule has 1 N–H and O–H groups in total. The average molecular weight is 331 g/mol. The number of likely N-dealkylation sites (N-methyl/N-ethyl adjacent to an activating group) is 1. The van der Waals surface area contributed by atoms with Crippen molar-refractivity contribution in [3.63, 3.8) is 0 Å². The second kappa shape index (κ2) is 7.21. The molecule has 6 nitrogen and oxygen atoms in total. The van der Waals surface area contributed by atoms with Crippen molar-refractivity contribution in [2.75, 3.05) is 14.2 Å². The number of carbonyl (C=O) groups excluding carboxylic acids is 1. The predicted octanol–water partition coefficient (Wildman–Crippen LogP) is 3.06. The third-order valence-corrected chi connectivity index (χ3v) is 3.95. The van der Waals surface area contributed by atoms with Crippen molar-refractivity contribution >= 4 is 11.9 Å². The molecule has 0 bridgehead atoms. The van der Waals surface area contributed by atoms with Crippen LogP contribution in [0.4, 0.5) is 0 Å². The van der Waals surface area contributed by atoms with E-state index in [1.165, 1.54) is 11.0 Å². The Morgan fingerprint density at radius 2 is 1.92 bits per heavy atom. The molecular weight excluding hydrogens is 310 g/mol. The highest BCUT2D eigenvalue weighted by molar-refractivity contribution is 5.89. The summed E-state index contributed by atoms with van der Waals surface area (Å²) < 4.78 is 10.5. The van der Waals surface area contributed by atoms with Crippen LogP contribution in [0.3, 0.4) is 0 Å². The van der Waals surface area contributed by atoms with E-state index in [9.17, 15) is 9.59 Å². The van der Waals surface area contributed by atoms with Gasteiger partial charge in [0.2, 0.25) is 5.91 Å². The van der Waals surface area contributed by atoms with Gasteiger partial charge in [0.15, 0.2) is 0 Å². The molecule has 0 aliphatic rings. The van der Waals surface area contributed by atoms with Crippen molar-refractivity contribution in [1.29, 1.82) is 0 Å². The fourth-order valence-electron chi connectivity index (χ4n) is 2.51. The van der Waals surface area contributed by atoms with Crippen LogP contribution in [-0.2, 0) is 11.3 Å². The van der Waals surface area contributed by atoms with Crippen LogP contribution in [0.25, 0.3) is 0 Å². The monoisotopic (exact) mass is 331 g/mol. The van der Waals surface area contributed by atoms with Crippen LogP contribution in [0, 0.1) is 6.92 Å². The van der Waals surface area contributed by atoms with Gasteiger partial charge in [-0.25, -0.2) is 4.79 Å². The third-order valence-electron chi connectivity index (χ3n) is 3.95. The minimum Gasteiger partial charge on any atom is -0.497 e. The van der Waals surface area contributed by atoms with E-state index in [0.717, 1.165) is 11.3 Å². The van der Waals surface area contributed by atoms with Crippen molar-refractivity contribution in [1.82, 2.24) is 4.90 Å². The Kier molecular flexibility index (Phi) is 5.28. The van der Waals surface area contributed by atoms with Gasteiger partial charge in [-0.3, -0.25) is 4.79 Å². The summed E-state index contributed by atoms with van der Waals surface area (Å²) in [5.74, 6) is 0.0772. The molecule has 0 fully saturated rings. The molecule has 0 aliphatic heterocycles. The number of rotatable bonds is 6. The van der Waals surface area contributed by atoms with Gasteiger partial charge in [-0.2, -0.15) is 0 Å². The van der Waals surface area contributed by atoms with Crippen molar-refractivity contribution in [3.05, 3.63) is 53.0 Å². The number of nitrogens with zero attached hydrogens (tertiary/aromatic N) is 1. The Morgan fingerprint density at radius 1 is 1.29 bits per heavy atom. The Morgan fingerprint density at radius 3 is 2.42 bits per heavy atom. The van der Waals surface area contributed by atoms with Gasteiger partial charge in [0, 0.05) is 7.05 Å². The second-order valence-electron chi connectivity index (χ2n) is 5.68. The number of aromatic carboxylic acids is 1. The zero-order valence-electron chi connectivity index (χ0n) is 14.2. The molecule has 1 aromatic heterocycles. The van der Waals surface area contributed by atoms with Crippen LogP contribution >= 0.6 is 0 Å². The van der Waals surface area contributed by atoms with Crippen molar-refractivity contribution in [3.8, 4) is 5.75 Å². The van der Waals surface area contributed by atoms with Crippen LogP contribution in [0.1, 0.15) is 40.3 Å². The molecule has 6 heteroatoms. The zero-order valence-corrected chi connectivity index (χ0v) is 14.2. The number of hydrogen-bond donors (Lipinski definition) is 1. The number of carbonyl (C=O) groups is 2. The number of amides is 1. The van der Waals surface area contributed by atoms with Gasteiger partial charge in [-0.05, 0) is 37.6 Å². The normalized spacial score (nSPS) is 11.8. The molecule has 0 radical (unpaired) electrons. The van der Waals surface area contributed by atoms with E-state index in [2.05, 4.69) is 0 Å². The molecule has 1 atom stereocenters. The number of furan rings is 1. The van der Waals surface area contributed by atoms with Gasteiger partial charge in [0.25, 0.3) is 0 Å². The summed E-state index contributed by atoms with van der Waals surface area (Å²) in [4.78, 5) is 25.1. The predicted molar refractivity (Wildman–Crippen MR) is 88.3 cm³/mol. The summed E-state index contributed by atoms with van der Waals surface area (Å²) in [5, 5.41) is 9.05. The van der Waals surface area contributed by atoms with E-state index in [4.69, 9.17) is 14.3 Å². The first-order valence-electron chi connectivity index (χ1n) is 7.55. The number of hydrogen-bond acceptors (Lipinski definition) is 4. The van der Waals surface area contributed by atoms with Gasteiger partial charge in [0.05, 0.1) is 19.6 Å². The SMILES string of the molecule is COc1ccc(C(C)C(=O)N(C)Cc2cc(C(=O)O)c(C)o2)cc1. The molecule has 2 rings (SSSR count). The maximum Gasteiger partial charge on any atom is 0.339 e. The van der Waals surface area contributed by atoms with Crippen LogP contribution < -0.4 is 4.74 Å². The number of benzene rings is 1. The zero-order chi connectivity index (χ0) is 17.9. The van der Waals surface area contributed by atoms with Crippen LogP contribution in [-0.4, -0.2) is 36.0 Å². The highest BCUT2D eigenvalue weighted by Crippen LogP contribution is 2.22. The lowest BCUT2D eigenvalue weighted by atomic mass is 9.99. The Hall–Kier alpha value is -2.76. The quantitative estimate of drug-likeness (QED) is 0.880. The highest BCUT2D eigenvalue weighted by Gasteiger charge is 2.21. The molecule has 0 saturated heterocycles. The van der Waals surface area contributed by atoms with Gasteiger partial charge >= 0.3 is 5.97 Å². The minimum atomic E-state index is -1.04. The largest absolute Gasteiger partial charge is 0.497 e. The number of carboxylic acid groups (broad SMARTS) is 1. The molecule has 0 saturated carbocycles. The topological polar surface area (TPSA) is 80.0 Å². The Labute approximate surface area is 140 Å². The number of aryl methyl sites for hydroxylation is 1. The fourth-order valence-corrected chi connectivity index (χ4v) is 2.51. The molecule has 1 aromatic carbocycles. The van der Waals surface area contributed by atoms with Crippen LogP contribution in [0.2, 0.25) is 0 Å². The fraction of sp³-hybridized carbons (Fsp3) is 0.333. The van der Waals surface area contributed by atoms with Gasteiger partial charge in [0.1, 0.15) is 22.8 Å². The van der Waals surface area contributed by atoms with Crippen molar-refractivity contribution in [2.45, 2.75) is 26.3 Å². The van der Waals surface area contributed by atoms with E-state index < -0.39 is 5.97 Å². The van der Waals surface area contributed by atoms with E-state index in [1.54, 1.807) is 21.1 Å². The van der Waals surface area contributed by atoms with Gasteiger partial charge in [-0.1, -0.05) is 12.1 Å². The van der Waals surface area contributed by atoms with Crippen molar-refractivity contribution in [2.24, 2.45) is 0 Å². The smallest absolute Gasteiger partial charge is 0.339 e. The molecule has 0 aliphatic carbocycles. The lowest BCUT2D eigenvalue weighted by Crippen LogP contribution is -2.30. The van der Waals surface area contributed by atoms with E-state index in [-0.39, 0.29) is 23.9 Å². The molecular formula is C18H21NO5. The van der Waals surface area contributed by atoms with E-state index in [1.807, 2.05) is 31.2 Å². The minimum absolute atomic E-state index is 0.0777. The molecule has 1 amide bonds. The molecule has 24 heavy (non-hydrogen) atoms. The van der Waals surface area contributed by atoms with E-state index >= 15 is 0 Å². The summed E-state index contributed by atoms with van der Waals surface area (Å²) >= 11 is 0. The third kappa shape index (κ3) is 3.76. The first-order valence-corrected chi connectivity index (χ1v) is 7.55. The number of ether oxygens (including phenoxy) is 1. The van der Waals surface area contributed by atoms with Crippen LogP contribution in [0.15, 0.2) is 34.7 Å². The first-order chi connectivity index (χ1) is 11.3. The summed E-state index contributed by atoms with van der Waals surface area (Å²) in [6, 6.07) is 8.80. The first kappa shape index (κ1) is 17.6. The average Bonchev–Trinajstić information content (AvgIpc) is 2.94. The summed E-state index contributed by atoms with van der Waals surface area (Å²) in [5.41, 5.74) is 1.00. The molecule has 128 valence electrons. The maximum atomic E-state index is 12.6. The van der Waals surface area contributed by atoms with Gasteiger partial charge < -0.3 is 19.2 Å². The lowest BCUT2D eigenvalue weighted by molar-refractivity contribution is -0.131. The van der Waals surface area contributed by atoms with Crippen molar-refractivity contribution < 1.29 is 23.8 Å². The molecule has 1 heterocycles. The summed E-state index contributed by atoms with van der Waals surface area (Å²) in [7, 11) is 3.26. The molecule has 1 unspecified atom stereocenters. The molecule has 0 spiro atoms. The number of carboxylic acids is 1. The number of methoxy groups -OCH3 is 1. The second-order valence-corrected chi connectivity index (χ2v) is 5.68. The summed E-state index contributed by atoms with van der Waals surface area (Å²) in [6.07, 6.45) is 0. The highest BCUT2D eigenvalue weighted by atomic mass is 16.5.